The van der Waals surface area contributed by atoms with Crippen LogP contribution in [0.15, 0.2) is 30.5 Å². The number of benzene rings is 1. The highest BCUT2D eigenvalue weighted by molar-refractivity contribution is 5.92. The minimum Gasteiger partial charge on any atom is -0.480 e. The molecule has 12 heteroatoms. The molecule has 12 nitrogen and oxygen atoms in total. The monoisotopic (exact) mass is 446 g/mol. The van der Waals surface area contributed by atoms with E-state index < -0.39 is 48.2 Å². The molecule has 0 aliphatic carbocycles. The molecular weight excluding hydrogens is 420 g/mol. The molecule has 0 radical (unpaired) electrons. The van der Waals surface area contributed by atoms with Crippen molar-refractivity contribution in [2.45, 2.75) is 31.3 Å². The van der Waals surface area contributed by atoms with Gasteiger partial charge in [-0.1, -0.05) is 18.2 Å². The minimum atomic E-state index is -1.23. The van der Waals surface area contributed by atoms with Crippen LogP contribution in [-0.4, -0.2) is 64.9 Å². The lowest BCUT2D eigenvalue weighted by atomic mass is 10.0. The van der Waals surface area contributed by atoms with E-state index in [1.807, 2.05) is 24.3 Å². The summed E-state index contributed by atoms with van der Waals surface area (Å²) in [5.41, 5.74) is 11.8. The fourth-order valence-corrected chi connectivity index (χ4v) is 3.07. The summed E-state index contributed by atoms with van der Waals surface area (Å²) >= 11 is 0. The molecule has 9 N–H and O–H groups in total. The zero-order valence-corrected chi connectivity index (χ0v) is 17.2. The molecule has 32 heavy (non-hydrogen) atoms. The molecule has 1 heterocycles. The van der Waals surface area contributed by atoms with E-state index in [4.69, 9.17) is 11.5 Å². The molecule has 2 rings (SSSR count). The number of amides is 4. The molecule has 172 valence electrons. The van der Waals surface area contributed by atoms with Crippen LogP contribution in [0.2, 0.25) is 0 Å². The topological polar surface area (TPSA) is 209 Å². The van der Waals surface area contributed by atoms with Gasteiger partial charge in [0.2, 0.25) is 23.6 Å². The van der Waals surface area contributed by atoms with Gasteiger partial charge in [0.05, 0.1) is 13.1 Å². The van der Waals surface area contributed by atoms with E-state index in [-0.39, 0.29) is 25.8 Å². The van der Waals surface area contributed by atoms with Gasteiger partial charge in [-0.15, -0.1) is 0 Å². The second-order valence-electron chi connectivity index (χ2n) is 7.07. The van der Waals surface area contributed by atoms with E-state index in [0.717, 1.165) is 10.9 Å². The van der Waals surface area contributed by atoms with Crippen LogP contribution in [0.4, 0.5) is 0 Å². The van der Waals surface area contributed by atoms with Crippen LogP contribution >= 0.6 is 0 Å². The molecule has 0 bridgehead atoms. The van der Waals surface area contributed by atoms with Crippen LogP contribution in [0.3, 0.4) is 0 Å². The van der Waals surface area contributed by atoms with Crippen LogP contribution in [0, 0.1) is 0 Å². The largest absolute Gasteiger partial charge is 0.480 e. The Labute approximate surface area is 183 Å². The number of aromatic nitrogens is 1. The molecule has 0 spiro atoms. The van der Waals surface area contributed by atoms with E-state index in [9.17, 15) is 29.1 Å². The summed E-state index contributed by atoms with van der Waals surface area (Å²) in [5.74, 6) is -3.98. The number of carbonyl (C=O) groups is 5. The lowest BCUT2D eigenvalue weighted by Gasteiger charge is -2.18. The van der Waals surface area contributed by atoms with Gasteiger partial charge in [-0.2, -0.15) is 0 Å². The van der Waals surface area contributed by atoms with Crippen LogP contribution in [-0.2, 0) is 30.4 Å². The number of aliphatic carboxylic acids is 1. The van der Waals surface area contributed by atoms with Gasteiger partial charge < -0.3 is 37.5 Å². The Kier molecular flexibility index (Phi) is 8.72. The van der Waals surface area contributed by atoms with Crippen LogP contribution in [0.1, 0.15) is 18.4 Å². The van der Waals surface area contributed by atoms with Gasteiger partial charge in [-0.3, -0.25) is 19.2 Å². The first-order chi connectivity index (χ1) is 15.2. The molecule has 2 aromatic rings. The number of nitrogens with two attached hydrogens (primary N) is 2. The normalized spacial score (nSPS) is 12.5. The molecular formula is C20H26N6O6. The van der Waals surface area contributed by atoms with Gasteiger partial charge in [0.1, 0.15) is 12.1 Å². The molecule has 2 unspecified atom stereocenters. The Bertz CT molecular complexity index is 1000. The lowest BCUT2D eigenvalue weighted by Crippen LogP contribution is -2.52. The lowest BCUT2D eigenvalue weighted by molar-refractivity contribution is -0.141. The SMILES string of the molecule is NCC(=O)NC(CCC(N)=O)C(=O)NCC(=O)NC(Cc1c[nH]c2ccccc12)C(=O)O. The number of para-hydroxylation sites is 1. The maximum absolute atomic E-state index is 12.3. The molecule has 1 aromatic carbocycles. The van der Waals surface area contributed by atoms with E-state index >= 15 is 0 Å². The van der Waals surface area contributed by atoms with Crippen molar-refractivity contribution >= 4 is 40.5 Å². The molecule has 0 saturated carbocycles. The fourth-order valence-electron chi connectivity index (χ4n) is 3.07. The molecule has 1 aromatic heterocycles. The Balaban J connectivity index is 1.95. The van der Waals surface area contributed by atoms with Crippen molar-refractivity contribution in [3.63, 3.8) is 0 Å². The second-order valence-corrected chi connectivity index (χ2v) is 7.07. The van der Waals surface area contributed by atoms with Crippen molar-refractivity contribution < 1.29 is 29.1 Å². The number of fused-ring (bicyclic) bond motifs is 1. The predicted octanol–water partition coefficient (Wildman–Crippen LogP) is -1.89. The molecule has 0 aliphatic rings. The minimum absolute atomic E-state index is 0.0346. The average molecular weight is 446 g/mol. The Hall–Kier alpha value is -3.93. The zero-order chi connectivity index (χ0) is 23.7. The highest BCUT2D eigenvalue weighted by Crippen LogP contribution is 2.19. The summed E-state index contributed by atoms with van der Waals surface area (Å²) in [6, 6.07) is 5.01. The summed E-state index contributed by atoms with van der Waals surface area (Å²) in [6.45, 7) is -0.892. The van der Waals surface area contributed by atoms with Crippen LogP contribution < -0.4 is 27.4 Å². The van der Waals surface area contributed by atoms with Gasteiger partial charge in [-0.05, 0) is 18.1 Å². The number of nitrogens with one attached hydrogen (secondary N) is 4. The number of hydrogen-bond donors (Lipinski definition) is 7. The summed E-state index contributed by atoms with van der Waals surface area (Å²) in [7, 11) is 0. The molecule has 2 atom stereocenters. The summed E-state index contributed by atoms with van der Waals surface area (Å²) in [4.78, 5) is 61.7. The number of carboxylic acids is 1. The number of aromatic amines is 1. The highest BCUT2D eigenvalue weighted by Gasteiger charge is 2.24. The fraction of sp³-hybridized carbons (Fsp3) is 0.350. The Morgan fingerprint density at radius 2 is 1.72 bits per heavy atom. The predicted molar refractivity (Wildman–Crippen MR) is 114 cm³/mol. The van der Waals surface area contributed by atoms with Crippen molar-refractivity contribution in [2.75, 3.05) is 13.1 Å². The summed E-state index contributed by atoms with van der Waals surface area (Å²) in [6.07, 6.45) is 1.47. The van der Waals surface area contributed by atoms with Gasteiger partial charge in [0.25, 0.3) is 0 Å². The van der Waals surface area contributed by atoms with Crippen molar-refractivity contribution in [3.8, 4) is 0 Å². The maximum Gasteiger partial charge on any atom is 0.326 e. The van der Waals surface area contributed by atoms with E-state index in [2.05, 4.69) is 20.9 Å². The highest BCUT2D eigenvalue weighted by atomic mass is 16.4. The van der Waals surface area contributed by atoms with Gasteiger partial charge in [0.15, 0.2) is 0 Å². The van der Waals surface area contributed by atoms with Gasteiger partial charge in [-0.25, -0.2) is 4.79 Å². The first-order valence-electron chi connectivity index (χ1n) is 9.83. The third kappa shape index (κ3) is 7.09. The summed E-state index contributed by atoms with van der Waals surface area (Å²) < 4.78 is 0. The Morgan fingerprint density at radius 3 is 2.38 bits per heavy atom. The number of primary amides is 1. The zero-order valence-electron chi connectivity index (χ0n) is 17.2. The Morgan fingerprint density at radius 1 is 1.03 bits per heavy atom. The smallest absolute Gasteiger partial charge is 0.326 e. The number of H-pyrrole nitrogens is 1. The second kappa shape index (κ2) is 11.5. The van der Waals surface area contributed by atoms with Crippen molar-refractivity contribution in [2.24, 2.45) is 11.5 Å². The van der Waals surface area contributed by atoms with Gasteiger partial charge >= 0.3 is 5.97 Å². The van der Waals surface area contributed by atoms with E-state index in [1.54, 1.807) is 6.20 Å². The third-order valence-electron chi connectivity index (χ3n) is 4.67. The van der Waals surface area contributed by atoms with Crippen molar-refractivity contribution in [3.05, 3.63) is 36.0 Å². The number of carboxylic acid groups (broad SMARTS) is 1. The third-order valence-corrected chi connectivity index (χ3v) is 4.67. The maximum atomic E-state index is 12.3. The molecule has 0 aliphatic heterocycles. The number of carbonyl (C=O) groups excluding carboxylic acids is 4. The molecule has 4 amide bonds. The number of rotatable bonds is 12. The van der Waals surface area contributed by atoms with Gasteiger partial charge in [0, 0.05) is 29.9 Å². The van der Waals surface area contributed by atoms with Crippen LogP contribution in [0.25, 0.3) is 10.9 Å². The first kappa shape index (κ1) is 24.3. The van der Waals surface area contributed by atoms with E-state index in [1.165, 1.54) is 0 Å². The van der Waals surface area contributed by atoms with Crippen LogP contribution in [0.5, 0.6) is 0 Å². The standard InChI is InChI=1S/C20H26N6O6/c21-8-17(28)25-14(5-6-16(22)27)19(30)24-10-18(29)26-15(20(31)32)7-11-9-23-13-4-2-1-3-12(11)13/h1-4,9,14-15,23H,5-8,10,21H2,(H2,22,27)(H,24,30)(H,25,28)(H,26,29)(H,31,32). The van der Waals surface area contributed by atoms with E-state index in [0.29, 0.717) is 5.56 Å². The first-order valence-corrected chi connectivity index (χ1v) is 9.83. The summed E-state index contributed by atoms with van der Waals surface area (Å²) in [5, 5.41) is 17.3. The molecule has 0 fully saturated rings. The quantitative estimate of drug-likeness (QED) is 0.197. The molecule has 0 saturated heterocycles. The average Bonchev–Trinajstić information content (AvgIpc) is 3.16. The van der Waals surface area contributed by atoms with Crippen molar-refractivity contribution in [1.82, 2.24) is 20.9 Å². The van der Waals surface area contributed by atoms with Crippen molar-refractivity contribution in [1.29, 1.82) is 0 Å². The number of hydrogen-bond acceptors (Lipinski definition) is 6.